The maximum atomic E-state index is 12.2. The van der Waals surface area contributed by atoms with E-state index in [4.69, 9.17) is 15.2 Å². The van der Waals surface area contributed by atoms with E-state index in [1.807, 2.05) is 0 Å². The molecule has 0 amide bonds. The van der Waals surface area contributed by atoms with Crippen molar-refractivity contribution in [2.24, 2.45) is 0 Å². The number of nitrogens with two attached hydrogens (primary N) is 1. The van der Waals surface area contributed by atoms with Gasteiger partial charge in [-0.15, -0.1) is 0 Å². The van der Waals surface area contributed by atoms with Gasteiger partial charge in [0.2, 0.25) is 17.7 Å². The van der Waals surface area contributed by atoms with Crippen molar-refractivity contribution in [3.8, 4) is 11.8 Å². The van der Waals surface area contributed by atoms with Gasteiger partial charge in [0.25, 0.3) is 10.0 Å². The Morgan fingerprint density at radius 1 is 1.19 bits per heavy atom. The summed E-state index contributed by atoms with van der Waals surface area (Å²) in [5.74, 6) is 0.104. The molecule has 9 nitrogen and oxygen atoms in total. The summed E-state index contributed by atoms with van der Waals surface area (Å²) in [4.78, 5) is 11.3. The molecule has 10 heteroatoms. The average molecular weight is 311 g/mol. The highest BCUT2D eigenvalue weighted by molar-refractivity contribution is 7.92. The van der Waals surface area contributed by atoms with Gasteiger partial charge in [0.1, 0.15) is 4.90 Å². The third-order valence-corrected chi connectivity index (χ3v) is 3.80. The lowest BCUT2D eigenvalue weighted by atomic mass is 10.4. The Morgan fingerprint density at radius 2 is 1.81 bits per heavy atom. The summed E-state index contributed by atoms with van der Waals surface area (Å²) in [7, 11) is -1.19. The molecular weight excluding hydrogens is 298 g/mol. The van der Waals surface area contributed by atoms with Crippen LogP contribution in [0.15, 0.2) is 29.4 Å². The van der Waals surface area contributed by atoms with E-state index in [1.54, 1.807) is 0 Å². The normalized spacial score (nSPS) is 11.0. The number of sulfonamides is 1. The molecule has 2 heterocycles. The summed E-state index contributed by atoms with van der Waals surface area (Å²) in [5, 5.41) is 0. The monoisotopic (exact) mass is 311 g/mol. The van der Waals surface area contributed by atoms with Gasteiger partial charge in [-0.05, 0) is 6.07 Å². The molecule has 21 heavy (non-hydrogen) atoms. The topological polar surface area (TPSA) is 129 Å². The number of nitrogens with zero attached hydrogens (tertiary/aromatic N) is 3. The molecular formula is C11H13N5O4S. The molecule has 0 unspecified atom stereocenters. The quantitative estimate of drug-likeness (QED) is 0.805. The third-order valence-electron chi connectivity index (χ3n) is 2.43. The van der Waals surface area contributed by atoms with E-state index in [0.29, 0.717) is 0 Å². The van der Waals surface area contributed by atoms with Crippen LogP contribution in [0.3, 0.4) is 0 Å². The molecule has 0 aliphatic carbocycles. The van der Waals surface area contributed by atoms with Crippen molar-refractivity contribution >= 4 is 21.7 Å². The molecule has 0 atom stereocenters. The smallest absolute Gasteiger partial charge is 0.267 e. The lowest BCUT2D eigenvalue weighted by Crippen LogP contribution is -2.17. The van der Waals surface area contributed by atoms with Gasteiger partial charge in [-0.1, -0.05) is 0 Å². The Balaban J connectivity index is 2.39. The largest absolute Gasteiger partial charge is 0.481 e. The van der Waals surface area contributed by atoms with Crippen LogP contribution in [0, 0.1) is 0 Å². The van der Waals surface area contributed by atoms with Gasteiger partial charge in [-0.2, -0.15) is 9.97 Å². The summed E-state index contributed by atoms with van der Waals surface area (Å²) >= 11 is 0. The molecule has 0 aromatic carbocycles. The SMILES string of the molecule is COc1cc(OC)nc(NS(=O)(=O)c2cnccc2N)n1. The Kier molecular flexibility index (Phi) is 4.08. The standard InChI is InChI=1S/C11H13N5O4S/c1-19-9-5-10(20-2)15-11(14-9)16-21(17,18)8-6-13-4-3-7(8)12/h3-6H,1-2H3,(H2,12,13)(H,14,15,16). The van der Waals surface area contributed by atoms with Gasteiger partial charge in [-0.25, -0.2) is 13.1 Å². The van der Waals surface area contributed by atoms with Crippen LogP contribution in [-0.2, 0) is 10.0 Å². The van der Waals surface area contributed by atoms with Gasteiger partial charge in [0.05, 0.1) is 26.0 Å². The van der Waals surface area contributed by atoms with E-state index < -0.39 is 10.0 Å². The average Bonchev–Trinajstić information content (AvgIpc) is 2.46. The molecule has 0 aliphatic rings. The van der Waals surface area contributed by atoms with E-state index in [0.717, 1.165) is 6.20 Å². The van der Waals surface area contributed by atoms with Crippen molar-refractivity contribution in [2.75, 3.05) is 24.7 Å². The molecule has 0 saturated carbocycles. The first-order valence-corrected chi connectivity index (χ1v) is 7.14. The molecule has 0 radical (unpaired) electrons. The van der Waals surface area contributed by atoms with E-state index >= 15 is 0 Å². The van der Waals surface area contributed by atoms with Gasteiger partial charge in [0, 0.05) is 12.4 Å². The summed E-state index contributed by atoms with van der Waals surface area (Å²) in [6.07, 6.45) is 2.52. The number of anilines is 2. The zero-order valence-electron chi connectivity index (χ0n) is 11.3. The molecule has 112 valence electrons. The fourth-order valence-corrected chi connectivity index (χ4v) is 2.47. The summed E-state index contributed by atoms with van der Waals surface area (Å²) in [6, 6.07) is 2.79. The predicted octanol–water partition coefficient (Wildman–Crippen LogP) is 0.272. The van der Waals surface area contributed by atoms with Crippen molar-refractivity contribution in [1.82, 2.24) is 15.0 Å². The maximum absolute atomic E-state index is 12.2. The number of rotatable bonds is 5. The number of nitrogens with one attached hydrogen (secondary N) is 1. The molecule has 2 aromatic heterocycles. The minimum Gasteiger partial charge on any atom is -0.481 e. The fourth-order valence-electron chi connectivity index (χ4n) is 1.45. The molecule has 0 bridgehead atoms. The molecule has 0 fully saturated rings. The van der Waals surface area contributed by atoms with Crippen LogP contribution >= 0.6 is 0 Å². The second-order valence-electron chi connectivity index (χ2n) is 3.80. The van der Waals surface area contributed by atoms with Crippen LogP contribution < -0.4 is 19.9 Å². The minimum absolute atomic E-state index is 0.0624. The number of nitrogen functional groups attached to an aromatic ring is 1. The second-order valence-corrected chi connectivity index (χ2v) is 5.45. The molecule has 2 rings (SSSR count). The highest BCUT2D eigenvalue weighted by Gasteiger charge is 2.20. The zero-order chi connectivity index (χ0) is 15.5. The van der Waals surface area contributed by atoms with Gasteiger partial charge in [-0.3, -0.25) is 4.98 Å². The van der Waals surface area contributed by atoms with Crippen molar-refractivity contribution < 1.29 is 17.9 Å². The van der Waals surface area contributed by atoms with Crippen molar-refractivity contribution in [3.63, 3.8) is 0 Å². The van der Waals surface area contributed by atoms with Crippen LogP contribution in [0.25, 0.3) is 0 Å². The summed E-state index contributed by atoms with van der Waals surface area (Å²) in [5.41, 5.74) is 5.69. The van der Waals surface area contributed by atoms with Crippen molar-refractivity contribution in [3.05, 3.63) is 24.5 Å². The fraction of sp³-hybridized carbons (Fsp3) is 0.182. The Hall–Kier alpha value is -2.62. The first-order valence-electron chi connectivity index (χ1n) is 5.65. The van der Waals surface area contributed by atoms with Crippen LogP contribution in [-0.4, -0.2) is 37.6 Å². The van der Waals surface area contributed by atoms with E-state index in [-0.39, 0.29) is 28.3 Å². The maximum Gasteiger partial charge on any atom is 0.267 e. The van der Waals surface area contributed by atoms with E-state index in [1.165, 1.54) is 32.5 Å². The Bertz CT molecular complexity index is 728. The Labute approximate surface area is 121 Å². The van der Waals surface area contributed by atoms with Crippen molar-refractivity contribution in [2.45, 2.75) is 4.90 Å². The molecule has 0 aliphatic heterocycles. The third kappa shape index (κ3) is 3.28. The van der Waals surface area contributed by atoms with Crippen LogP contribution in [0.4, 0.5) is 11.6 Å². The zero-order valence-corrected chi connectivity index (χ0v) is 12.1. The van der Waals surface area contributed by atoms with Crippen LogP contribution in [0.5, 0.6) is 11.8 Å². The number of pyridine rings is 1. The lowest BCUT2D eigenvalue weighted by Gasteiger charge is -2.10. The van der Waals surface area contributed by atoms with Gasteiger partial charge < -0.3 is 15.2 Å². The molecule has 0 saturated heterocycles. The van der Waals surface area contributed by atoms with Gasteiger partial charge in [0.15, 0.2) is 0 Å². The van der Waals surface area contributed by atoms with Crippen molar-refractivity contribution in [1.29, 1.82) is 0 Å². The first kappa shape index (κ1) is 14.8. The summed E-state index contributed by atoms with van der Waals surface area (Å²) in [6.45, 7) is 0. The number of ether oxygens (including phenoxy) is 2. The minimum atomic E-state index is -3.97. The predicted molar refractivity (Wildman–Crippen MR) is 74.6 cm³/mol. The summed E-state index contributed by atoms with van der Waals surface area (Å²) < 4.78 is 36.5. The lowest BCUT2D eigenvalue weighted by molar-refractivity contribution is 0.373. The number of hydrogen-bond donors (Lipinski definition) is 2. The van der Waals surface area contributed by atoms with E-state index in [9.17, 15) is 8.42 Å². The Morgan fingerprint density at radius 3 is 2.33 bits per heavy atom. The number of methoxy groups -OCH3 is 2. The van der Waals surface area contributed by atoms with Gasteiger partial charge >= 0.3 is 0 Å². The molecule has 0 spiro atoms. The number of hydrogen-bond acceptors (Lipinski definition) is 8. The highest BCUT2D eigenvalue weighted by atomic mass is 32.2. The highest BCUT2D eigenvalue weighted by Crippen LogP contribution is 2.22. The van der Waals surface area contributed by atoms with E-state index in [2.05, 4.69) is 19.7 Å². The second kappa shape index (κ2) is 5.79. The number of aromatic nitrogens is 3. The molecule has 2 aromatic rings. The van der Waals surface area contributed by atoms with Crippen LogP contribution in [0.1, 0.15) is 0 Å². The first-order chi connectivity index (χ1) is 9.96. The van der Waals surface area contributed by atoms with Crippen LogP contribution in [0.2, 0.25) is 0 Å². The molecule has 3 N–H and O–H groups in total.